The van der Waals surface area contributed by atoms with Crippen LogP contribution in [0.4, 0.5) is 0 Å². The Morgan fingerprint density at radius 2 is 1.77 bits per heavy atom. The molecule has 0 saturated carbocycles. The van der Waals surface area contributed by atoms with Gasteiger partial charge in [-0.2, -0.15) is 0 Å². The van der Waals surface area contributed by atoms with Gasteiger partial charge in [0, 0.05) is 23.7 Å². The molecule has 0 N–H and O–H groups in total. The summed E-state index contributed by atoms with van der Waals surface area (Å²) < 4.78 is 1.73. The molecule has 1 aromatic heterocycles. The Balaban J connectivity index is 3.44. The monoisotopic (exact) mass is 179 g/mol. The minimum Gasteiger partial charge on any atom is -0.315 e. The zero-order valence-corrected chi connectivity index (χ0v) is 9.01. The second kappa shape index (κ2) is 3.02. The van der Waals surface area contributed by atoms with Crippen LogP contribution >= 0.6 is 0 Å². The van der Waals surface area contributed by atoms with Gasteiger partial charge in [-0.25, -0.2) is 0 Å². The van der Waals surface area contributed by atoms with Gasteiger partial charge < -0.3 is 4.57 Å². The van der Waals surface area contributed by atoms with Crippen molar-refractivity contribution >= 4 is 0 Å². The van der Waals surface area contributed by atoms with Crippen LogP contribution in [0.1, 0.15) is 32.0 Å². The Hall–Kier alpha value is -1.05. The summed E-state index contributed by atoms with van der Waals surface area (Å²) in [5.41, 5.74) is 2.01. The highest BCUT2D eigenvalue weighted by Crippen LogP contribution is 2.19. The lowest BCUT2D eigenvalue weighted by molar-refractivity contribution is 0.530. The molecule has 0 spiro atoms. The van der Waals surface area contributed by atoms with E-state index >= 15 is 0 Å². The smallest absolute Gasteiger partial charge is 0.253 e. The molecule has 0 bridgehead atoms. The van der Waals surface area contributed by atoms with E-state index in [1.54, 1.807) is 4.57 Å². The molecule has 0 aromatic carbocycles. The Bertz CT molecular complexity index is 369. The summed E-state index contributed by atoms with van der Waals surface area (Å²) in [6, 6.07) is 3.92. The highest BCUT2D eigenvalue weighted by molar-refractivity contribution is 5.19. The van der Waals surface area contributed by atoms with Gasteiger partial charge in [0.15, 0.2) is 0 Å². The third kappa shape index (κ3) is 1.82. The highest BCUT2D eigenvalue weighted by atomic mass is 16.1. The molecule has 13 heavy (non-hydrogen) atoms. The van der Waals surface area contributed by atoms with Gasteiger partial charge in [-0.05, 0) is 13.0 Å². The van der Waals surface area contributed by atoms with E-state index in [0.29, 0.717) is 0 Å². The van der Waals surface area contributed by atoms with Gasteiger partial charge >= 0.3 is 0 Å². The van der Waals surface area contributed by atoms with E-state index in [0.717, 1.165) is 11.3 Å². The van der Waals surface area contributed by atoms with Gasteiger partial charge in [-0.3, -0.25) is 4.79 Å². The maximum atomic E-state index is 11.6. The minimum absolute atomic E-state index is 0.0294. The van der Waals surface area contributed by atoms with E-state index in [9.17, 15) is 4.79 Å². The number of rotatable bonds is 0. The second-order valence-corrected chi connectivity index (χ2v) is 4.52. The molecule has 72 valence electrons. The van der Waals surface area contributed by atoms with Crippen molar-refractivity contribution < 1.29 is 0 Å². The van der Waals surface area contributed by atoms with Crippen molar-refractivity contribution in [2.24, 2.45) is 7.05 Å². The fraction of sp³-hybridized carbons (Fsp3) is 0.545. The Kier molecular flexibility index (Phi) is 2.33. The van der Waals surface area contributed by atoms with Crippen LogP contribution in [0.5, 0.6) is 0 Å². The molecule has 0 aliphatic rings. The summed E-state index contributed by atoms with van der Waals surface area (Å²) in [5.74, 6) is 0. The van der Waals surface area contributed by atoms with E-state index in [1.807, 2.05) is 26.1 Å². The Morgan fingerprint density at radius 3 is 2.23 bits per heavy atom. The first-order valence-corrected chi connectivity index (χ1v) is 4.51. The second-order valence-electron chi connectivity index (χ2n) is 4.52. The quantitative estimate of drug-likeness (QED) is 0.597. The molecule has 1 rings (SSSR count). The molecule has 0 amide bonds. The normalized spacial score (nSPS) is 11.8. The summed E-state index contributed by atoms with van der Waals surface area (Å²) in [6.45, 7) is 8.17. The van der Waals surface area contributed by atoms with Crippen LogP contribution in [0.25, 0.3) is 0 Å². The van der Waals surface area contributed by atoms with Crippen molar-refractivity contribution in [2.75, 3.05) is 0 Å². The van der Waals surface area contributed by atoms with Crippen LogP contribution in [0.3, 0.4) is 0 Å². The largest absolute Gasteiger partial charge is 0.315 e. The third-order valence-corrected chi connectivity index (χ3v) is 2.26. The first-order chi connectivity index (χ1) is 5.84. The van der Waals surface area contributed by atoms with Crippen molar-refractivity contribution in [3.05, 3.63) is 33.7 Å². The third-order valence-electron chi connectivity index (χ3n) is 2.26. The summed E-state index contributed by atoms with van der Waals surface area (Å²) in [7, 11) is 1.83. The highest BCUT2D eigenvalue weighted by Gasteiger charge is 2.17. The van der Waals surface area contributed by atoms with Crippen LogP contribution in [0.15, 0.2) is 16.9 Å². The molecule has 0 aliphatic heterocycles. The van der Waals surface area contributed by atoms with Gasteiger partial charge in [0.25, 0.3) is 5.56 Å². The standard InChI is InChI=1S/C11H17NO/c1-8-6-7-9(11(2,3)4)12(5)10(8)13/h6-7H,1-5H3. The van der Waals surface area contributed by atoms with E-state index in [2.05, 4.69) is 20.8 Å². The number of pyridine rings is 1. The predicted molar refractivity (Wildman–Crippen MR) is 55.1 cm³/mol. The van der Waals surface area contributed by atoms with Crippen LogP contribution in [0, 0.1) is 6.92 Å². The number of nitrogens with zero attached hydrogens (tertiary/aromatic N) is 1. The van der Waals surface area contributed by atoms with Gasteiger partial charge in [0.05, 0.1) is 0 Å². The topological polar surface area (TPSA) is 22.0 Å². The molecule has 0 fully saturated rings. The lowest BCUT2D eigenvalue weighted by atomic mass is 9.91. The summed E-state index contributed by atoms with van der Waals surface area (Å²) in [4.78, 5) is 11.6. The number of aromatic nitrogens is 1. The molecule has 0 aliphatic carbocycles. The average molecular weight is 179 g/mol. The average Bonchev–Trinajstić information content (AvgIpc) is 1.98. The predicted octanol–water partition coefficient (Wildman–Crippen LogP) is 1.99. The van der Waals surface area contributed by atoms with E-state index in [-0.39, 0.29) is 11.0 Å². The molecule has 0 atom stereocenters. The molecule has 1 aromatic rings. The Labute approximate surface area is 79.2 Å². The minimum atomic E-state index is 0.0294. The van der Waals surface area contributed by atoms with E-state index < -0.39 is 0 Å². The molecule has 0 saturated heterocycles. The maximum Gasteiger partial charge on any atom is 0.253 e. The van der Waals surface area contributed by atoms with Crippen molar-refractivity contribution in [3.8, 4) is 0 Å². The maximum absolute atomic E-state index is 11.6. The summed E-state index contributed by atoms with van der Waals surface area (Å²) in [5, 5.41) is 0. The zero-order valence-electron chi connectivity index (χ0n) is 9.01. The lowest BCUT2D eigenvalue weighted by Crippen LogP contribution is -2.28. The molecule has 0 radical (unpaired) electrons. The van der Waals surface area contributed by atoms with E-state index in [4.69, 9.17) is 0 Å². The van der Waals surface area contributed by atoms with Crippen LogP contribution in [0.2, 0.25) is 0 Å². The van der Waals surface area contributed by atoms with Gasteiger partial charge in [0.2, 0.25) is 0 Å². The molecular formula is C11H17NO. The van der Waals surface area contributed by atoms with Gasteiger partial charge in [-0.1, -0.05) is 26.8 Å². The van der Waals surface area contributed by atoms with Crippen LogP contribution in [-0.4, -0.2) is 4.57 Å². The number of aryl methyl sites for hydroxylation is 1. The number of hydrogen-bond donors (Lipinski definition) is 0. The van der Waals surface area contributed by atoms with Crippen molar-refractivity contribution in [2.45, 2.75) is 33.1 Å². The SMILES string of the molecule is Cc1ccc(C(C)(C)C)n(C)c1=O. The first kappa shape index (κ1) is 10.0. The summed E-state index contributed by atoms with van der Waals surface area (Å²) >= 11 is 0. The molecule has 1 heterocycles. The van der Waals surface area contributed by atoms with Crippen molar-refractivity contribution in [3.63, 3.8) is 0 Å². The molecular weight excluding hydrogens is 162 g/mol. The van der Waals surface area contributed by atoms with Crippen molar-refractivity contribution in [1.82, 2.24) is 4.57 Å². The zero-order chi connectivity index (χ0) is 10.2. The van der Waals surface area contributed by atoms with Crippen LogP contribution < -0.4 is 5.56 Å². The van der Waals surface area contributed by atoms with Gasteiger partial charge in [0.1, 0.15) is 0 Å². The molecule has 0 unspecified atom stereocenters. The van der Waals surface area contributed by atoms with E-state index in [1.165, 1.54) is 0 Å². The fourth-order valence-electron chi connectivity index (χ4n) is 1.51. The van der Waals surface area contributed by atoms with Gasteiger partial charge in [-0.15, -0.1) is 0 Å². The molecule has 2 nitrogen and oxygen atoms in total. The Morgan fingerprint density at radius 1 is 1.23 bits per heavy atom. The van der Waals surface area contributed by atoms with Crippen molar-refractivity contribution in [1.29, 1.82) is 0 Å². The number of hydrogen-bond acceptors (Lipinski definition) is 1. The summed E-state index contributed by atoms with van der Waals surface area (Å²) in [6.07, 6.45) is 0. The van der Waals surface area contributed by atoms with Crippen LogP contribution in [-0.2, 0) is 12.5 Å². The first-order valence-electron chi connectivity index (χ1n) is 4.51. The fourth-order valence-corrected chi connectivity index (χ4v) is 1.51. The lowest BCUT2D eigenvalue weighted by Gasteiger charge is -2.22. The molecule has 2 heteroatoms.